The first-order chi connectivity index (χ1) is 22.0. The van der Waals surface area contributed by atoms with Gasteiger partial charge in [-0.2, -0.15) is 0 Å². The Morgan fingerprint density at radius 2 is 1.76 bits per heavy atom. The van der Waals surface area contributed by atoms with E-state index in [4.69, 9.17) is 15.3 Å². The minimum absolute atomic E-state index is 0.0128. The van der Waals surface area contributed by atoms with Gasteiger partial charge in [0.1, 0.15) is 6.29 Å². The molecule has 0 saturated carbocycles. The van der Waals surface area contributed by atoms with Crippen LogP contribution in [0.2, 0.25) is 0 Å². The van der Waals surface area contributed by atoms with E-state index in [1.54, 1.807) is 18.4 Å². The van der Waals surface area contributed by atoms with Crippen molar-refractivity contribution >= 4 is 36.3 Å². The molecule has 252 valence electrons. The van der Waals surface area contributed by atoms with Crippen molar-refractivity contribution in [3.05, 3.63) is 81.0 Å². The number of nitrogens with two attached hydrogens (primary N) is 1. The highest BCUT2D eigenvalue weighted by molar-refractivity contribution is 7.10. The smallest absolute Gasteiger partial charge is 0.237 e. The van der Waals surface area contributed by atoms with Crippen molar-refractivity contribution in [2.24, 2.45) is 11.7 Å². The summed E-state index contributed by atoms with van der Waals surface area (Å²) < 4.78 is 5.18. The van der Waals surface area contributed by atoms with Crippen LogP contribution in [0.3, 0.4) is 0 Å². The second-order valence-corrected chi connectivity index (χ2v) is 12.4. The van der Waals surface area contributed by atoms with Gasteiger partial charge in [0.25, 0.3) is 0 Å². The lowest BCUT2D eigenvalue weighted by Gasteiger charge is -2.21. The molecule has 5 rings (SSSR count). The number of nitrogens with zero attached hydrogens (tertiary/aromatic N) is 1. The maximum Gasteiger partial charge on any atom is 0.237 e. The van der Waals surface area contributed by atoms with Crippen LogP contribution >= 0.6 is 11.3 Å². The number of likely N-dealkylation sites (N-methyl/N-ethyl adjacent to an activating group) is 1. The number of aliphatic hydroxyl groups excluding tert-OH is 1. The number of thiophene rings is 1. The summed E-state index contributed by atoms with van der Waals surface area (Å²) in [6.07, 6.45) is 2.74. The molecular formula is C35H51N5O5S. The van der Waals surface area contributed by atoms with Crippen molar-refractivity contribution in [1.82, 2.24) is 15.5 Å². The summed E-state index contributed by atoms with van der Waals surface area (Å²) >= 11 is 1.70. The summed E-state index contributed by atoms with van der Waals surface area (Å²) in [5, 5.41) is 20.2. The fourth-order valence-electron chi connectivity index (χ4n) is 5.57. The second-order valence-electron chi connectivity index (χ2n) is 11.4. The molecular weight excluding hydrogens is 602 g/mol. The van der Waals surface area contributed by atoms with Crippen LogP contribution in [0.4, 0.5) is 0 Å². The Balaban J connectivity index is 0.000000353. The Bertz CT molecular complexity index is 1370. The van der Waals surface area contributed by atoms with Gasteiger partial charge in [-0.25, -0.2) is 0 Å². The number of methoxy groups -OCH3 is 1. The van der Waals surface area contributed by atoms with Crippen molar-refractivity contribution in [1.29, 1.82) is 5.41 Å². The Morgan fingerprint density at radius 3 is 2.33 bits per heavy atom. The molecule has 1 saturated heterocycles. The highest BCUT2D eigenvalue weighted by Crippen LogP contribution is 2.48. The molecule has 1 fully saturated rings. The molecule has 0 bridgehead atoms. The highest BCUT2D eigenvalue weighted by atomic mass is 32.1. The van der Waals surface area contributed by atoms with Crippen molar-refractivity contribution in [3.8, 4) is 11.1 Å². The minimum Gasteiger partial charge on any atom is -0.400 e. The lowest BCUT2D eigenvalue weighted by molar-refractivity contribution is -0.125. The first-order valence-corrected chi connectivity index (χ1v) is 15.9. The lowest BCUT2D eigenvalue weighted by atomic mass is 9.82. The fraction of sp³-hybridized carbons (Fsp3) is 0.429. The Kier molecular flexibility index (Phi) is 18.3. The van der Waals surface area contributed by atoms with E-state index in [0.29, 0.717) is 25.2 Å². The van der Waals surface area contributed by atoms with E-state index in [-0.39, 0.29) is 23.9 Å². The Morgan fingerprint density at radius 1 is 1.11 bits per heavy atom. The molecule has 2 aromatic carbocycles. The lowest BCUT2D eigenvalue weighted by Crippen LogP contribution is -2.40. The third-order valence-corrected chi connectivity index (χ3v) is 8.64. The number of benzene rings is 2. The highest BCUT2D eigenvalue weighted by Gasteiger charge is 2.35. The van der Waals surface area contributed by atoms with Gasteiger partial charge in [0, 0.05) is 31.1 Å². The number of aliphatic hydroxyl groups is 1. The summed E-state index contributed by atoms with van der Waals surface area (Å²) in [6.45, 7) is 11.3. The van der Waals surface area contributed by atoms with Crippen molar-refractivity contribution < 1.29 is 24.2 Å². The number of carbonyl (C=O) groups is 3. The molecule has 0 spiro atoms. The van der Waals surface area contributed by atoms with E-state index in [1.807, 2.05) is 7.05 Å². The number of amides is 2. The number of nitrogens with one attached hydrogen (secondary N) is 3. The Labute approximate surface area is 277 Å². The van der Waals surface area contributed by atoms with Crippen LogP contribution in [-0.2, 0) is 31.1 Å². The number of carbonyl (C=O) groups excluding carboxylic acids is 3. The molecule has 2 atom stereocenters. The molecule has 2 aliphatic rings. The van der Waals surface area contributed by atoms with Gasteiger partial charge < -0.3 is 31.0 Å². The predicted octanol–water partition coefficient (Wildman–Crippen LogP) is 4.03. The monoisotopic (exact) mass is 653 g/mol. The standard InChI is InChI=1S/C16H16.C14H22N2O2S.C3H5NO2.CH4N2.CH4O/c1-11-8-9-15-13(10-11)12-6-4-5-7-14(12)16(15,2)3;1-10-4-12(19-9-10)6-15-14(17)13-5-11(8-18-3)7-16(13)2;5-2-1-4-3-6;2-1-3;1-2/h4-10H,1-3H3;4,9,11,13H,5-8H2,1-3H3,(H,15,17);2-3H,1H2,(H,4,6);1H,(H3,2,3);2H,1H3. The molecule has 3 aromatic rings. The number of likely N-dealkylation sites (tertiary alicyclic amines) is 1. The molecule has 2 amide bonds. The van der Waals surface area contributed by atoms with E-state index in [9.17, 15) is 14.4 Å². The topological polar surface area (TPSA) is 158 Å². The number of hydrogen-bond acceptors (Lipinski definition) is 8. The average Bonchev–Trinajstić information content (AvgIpc) is 3.70. The largest absolute Gasteiger partial charge is 0.400 e. The second kappa shape index (κ2) is 21.0. The molecule has 1 aromatic heterocycles. The van der Waals surface area contributed by atoms with E-state index in [2.05, 4.69) is 103 Å². The van der Waals surface area contributed by atoms with Crippen LogP contribution in [0.1, 0.15) is 47.4 Å². The van der Waals surface area contributed by atoms with E-state index < -0.39 is 0 Å². The van der Waals surface area contributed by atoms with Crippen LogP contribution in [-0.4, -0.2) is 82.0 Å². The zero-order valence-electron chi connectivity index (χ0n) is 28.1. The van der Waals surface area contributed by atoms with Gasteiger partial charge in [-0.15, -0.1) is 11.3 Å². The summed E-state index contributed by atoms with van der Waals surface area (Å²) in [5.41, 5.74) is 12.9. The van der Waals surface area contributed by atoms with Gasteiger partial charge in [0.05, 0.1) is 32.1 Å². The molecule has 10 nitrogen and oxygen atoms in total. The number of ether oxygens (including phenoxy) is 1. The van der Waals surface area contributed by atoms with Gasteiger partial charge in [-0.1, -0.05) is 61.9 Å². The van der Waals surface area contributed by atoms with E-state index >= 15 is 0 Å². The number of rotatable bonds is 8. The van der Waals surface area contributed by atoms with Gasteiger partial charge in [0.2, 0.25) is 12.3 Å². The van der Waals surface area contributed by atoms with Gasteiger partial charge in [-0.3, -0.25) is 19.9 Å². The minimum atomic E-state index is -0.0128. The summed E-state index contributed by atoms with van der Waals surface area (Å²) in [4.78, 5) is 34.2. The number of aldehydes is 1. The number of fused-ring (bicyclic) bond motifs is 3. The van der Waals surface area contributed by atoms with E-state index in [1.165, 1.54) is 38.3 Å². The van der Waals surface area contributed by atoms with Gasteiger partial charge >= 0.3 is 0 Å². The maximum absolute atomic E-state index is 12.2. The van der Waals surface area contributed by atoms with Crippen LogP contribution in [0.5, 0.6) is 0 Å². The quantitative estimate of drug-likeness (QED) is 0.106. The third kappa shape index (κ3) is 11.8. The molecule has 0 radical (unpaired) electrons. The SMILES string of the molecule is CO.COCC1CC(C(=O)NCc2cc(C)cs2)N(C)C1.Cc1ccc2c(c1)-c1ccccc1C2(C)C.N=CN.O=CCNC=O. The van der Waals surface area contributed by atoms with Crippen molar-refractivity contribution in [2.75, 3.05) is 41.0 Å². The average molecular weight is 654 g/mol. The van der Waals surface area contributed by atoms with E-state index in [0.717, 1.165) is 33.0 Å². The first kappa shape index (κ1) is 40.1. The summed E-state index contributed by atoms with van der Waals surface area (Å²) in [5.74, 6) is 0.599. The number of hydrogen-bond donors (Lipinski definition) is 5. The summed E-state index contributed by atoms with van der Waals surface area (Å²) in [6, 6.07) is 17.7. The van der Waals surface area contributed by atoms with Gasteiger partial charge in [-0.05, 0) is 72.5 Å². The first-order valence-electron chi connectivity index (χ1n) is 15.0. The maximum atomic E-state index is 12.2. The summed E-state index contributed by atoms with van der Waals surface area (Å²) in [7, 11) is 4.72. The third-order valence-electron chi connectivity index (χ3n) is 7.59. The molecule has 1 aliphatic carbocycles. The zero-order chi connectivity index (χ0) is 34.7. The molecule has 2 heterocycles. The zero-order valence-corrected chi connectivity index (χ0v) is 28.9. The molecule has 46 heavy (non-hydrogen) atoms. The molecule has 1 aliphatic heterocycles. The van der Waals surface area contributed by atoms with Crippen molar-refractivity contribution in [2.45, 2.75) is 52.1 Å². The fourth-order valence-corrected chi connectivity index (χ4v) is 6.39. The van der Waals surface area contributed by atoms with Crippen LogP contribution in [0, 0.1) is 25.2 Å². The Hall–Kier alpha value is -3.90. The van der Waals surface area contributed by atoms with Crippen LogP contribution in [0.15, 0.2) is 53.9 Å². The predicted molar refractivity (Wildman–Crippen MR) is 187 cm³/mol. The van der Waals surface area contributed by atoms with Crippen LogP contribution < -0.4 is 16.4 Å². The molecule has 2 unspecified atom stereocenters. The molecule has 11 heteroatoms. The van der Waals surface area contributed by atoms with Crippen molar-refractivity contribution in [3.63, 3.8) is 0 Å². The molecule has 6 N–H and O–H groups in total. The normalized spacial score (nSPS) is 16.5. The van der Waals surface area contributed by atoms with Crippen LogP contribution in [0.25, 0.3) is 11.1 Å². The van der Waals surface area contributed by atoms with Gasteiger partial charge in [0.15, 0.2) is 0 Å². The number of aryl methyl sites for hydroxylation is 2.